The smallest absolute Gasteiger partial charge is 0.276 e. The van der Waals surface area contributed by atoms with Crippen molar-refractivity contribution in [1.29, 1.82) is 0 Å². The lowest BCUT2D eigenvalue weighted by atomic mass is 9.90. The molecule has 0 saturated carbocycles. The first-order valence-corrected chi connectivity index (χ1v) is 11.0. The highest BCUT2D eigenvalue weighted by Crippen LogP contribution is 2.26. The predicted molar refractivity (Wildman–Crippen MR) is 120 cm³/mol. The van der Waals surface area contributed by atoms with E-state index < -0.39 is 0 Å². The number of hydrogen-bond donors (Lipinski definition) is 0. The summed E-state index contributed by atoms with van der Waals surface area (Å²) in [5.74, 6) is 1.99. The summed E-state index contributed by atoms with van der Waals surface area (Å²) in [6, 6.07) is 16.6. The molecule has 1 aromatic heterocycles. The minimum absolute atomic E-state index is 0.0609. The van der Waals surface area contributed by atoms with Gasteiger partial charge >= 0.3 is 0 Å². The van der Waals surface area contributed by atoms with E-state index in [1.807, 2.05) is 36.9 Å². The van der Waals surface area contributed by atoms with Crippen molar-refractivity contribution in [3.8, 4) is 5.75 Å². The second kappa shape index (κ2) is 9.38. The zero-order valence-corrected chi connectivity index (χ0v) is 18.6. The Hall–Kier alpha value is -3.08. The summed E-state index contributed by atoms with van der Waals surface area (Å²) in [5, 5.41) is 4.08. The molecule has 1 saturated heterocycles. The summed E-state index contributed by atoms with van der Waals surface area (Å²) in [5.41, 5.74) is 4.74. The summed E-state index contributed by atoms with van der Waals surface area (Å²) >= 11 is 0. The maximum Gasteiger partial charge on any atom is 0.276 e. The molecule has 162 valence electrons. The zero-order valence-electron chi connectivity index (χ0n) is 18.6. The van der Waals surface area contributed by atoms with E-state index in [1.165, 1.54) is 11.1 Å². The van der Waals surface area contributed by atoms with E-state index in [2.05, 4.69) is 42.4 Å². The molecule has 0 atom stereocenters. The standard InChI is InChI=1S/C26H30N2O3/c1-18-9-10-24(19(2)15-18)30-17-23-20(3)31-27-25(23)26(29)28-13-11-22(12-14-28)16-21-7-5-4-6-8-21/h4-10,15,22H,11-14,16-17H2,1-3H3. The Labute approximate surface area is 184 Å². The van der Waals surface area contributed by atoms with Gasteiger partial charge in [-0.05, 0) is 63.1 Å². The van der Waals surface area contributed by atoms with Gasteiger partial charge in [0, 0.05) is 13.1 Å². The maximum atomic E-state index is 13.2. The van der Waals surface area contributed by atoms with E-state index in [9.17, 15) is 4.79 Å². The molecule has 0 spiro atoms. The molecule has 31 heavy (non-hydrogen) atoms. The fourth-order valence-electron chi connectivity index (χ4n) is 4.28. The maximum absolute atomic E-state index is 13.2. The van der Waals surface area contributed by atoms with Crippen molar-refractivity contribution in [1.82, 2.24) is 10.1 Å². The number of piperidine rings is 1. The van der Waals surface area contributed by atoms with E-state index in [0.717, 1.165) is 49.2 Å². The molecule has 0 unspecified atom stereocenters. The fraction of sp³-hybridized carbons (Fsp3) is 0.385. The van der Waals surface area contributed by atoms with Gasteiger partial charge in [-0.3, -0.25) is 4.79 Å². The van der Waals surface area contributed by atoms with Gasteiger partial charge in [0.25, 0.3) is 5.91 Å². The third-order valence-electron chi connectivity index (χ3n) is 6.16. The van der Waals surface area contributed by atoms with Crippen LogP contribution in [-0.4, -0.2) is 29.1 Å². The molecule has 1 fully saturated rings. The molecule has 5 nitrogen and oxygen atoms in total. The van der Waals surface area contributed by atoms with Gasteiger partial charge in [-0.25, -0.2) is 0 Å². The van der Waals surface area contributed by atoms with Crippen LogP contribution in [0.2, 0.25) is 0 Å². The van der Waals surface area contributed by atoms with Crippen LogP contribution in [0.5, 0.6) is 5.75 Å². The molecule has 5 heteroatoms. The summed E-state index contributed by atoms with van der Waals surface area (Å²) < 4.78 is 11.4. The van der Waals surface area contributed by atoms with Gasteiger partial charge in [0.05, 0.1) is 5.56 Å². The molecular formula is C26H30N2O3. The molecule has 2 aromatic carbocycles. The number of aromatic nitrogens is 1. The summed E-state index contributed by atoms with van der Waals surface area (Å²) in [6.45, 7) is 7.68. The monoisotopic (exact) mass is 418 g/mol. The minimum Gasteiger partial charge on any atom is -0.488 e. The van der Waals surface area contributed by atoms with Crippen LogP contribution in [0, 0.1) is 26.7 Å². The van der Waals surface area contributed by atoms with Gasteiger partial charge in [0.15, 0.2) is 5.69 Å². The van der Waals surface area contributed by atoms with Crippen molar-refractivity contribution >= 4 is 5.91 Å². The van der Waals surface area contributed by atoms with Crippen molar-refractivity contribution < 1.29 is 14.1 Å². The van der Waals surface area contributed by atoms with Crippen LogP contribution < -0.4 is 4.74 Å². The van der Waals surface area contributed by atoms with Crippen LogP contribution in [-0.2, 0) is 13.0 Å². The largest absolute Gasteiger partial charge is 0.488 e. The van der Waals surface area contributed by atoms with Crippen molar-refractivity contribution in [3.63, 3.8) is 0 Å². The highest BCUT2D eigenvalue weighted by atomic mass is 16.5. The van der Waals surface area contributed by atoms with E-state index in [-0.39, 0.29) is 12.5 Å². The number of aryl methyl sites for hydroxylation is 3. The Morgan fingerprint density at radius 3 is 2.55 bits per heavy atom. The summed E-state index contributed by atoms with van der Waals surface area (Å²) in [7, 11) is 0. The molecule has 1 aliphatic heterocycles. The lowest BCUT2D eigenvalue weighted by Crippen LogP contribution is -2.39. The Bertz CT molecular complexity index is 1030. The van der Waals surface area contributed by atoms with Crippen LogP contribution in [0.3, 0.4) is 0 Å². The van der Waals surface area contributed by atoms with E-state index in [4.69, 9.17) is 9.26 Å². The zero-order chi connectivity index (χ0) is 21.8. The predicted octanol–water partition coefficient (Wildman–Crippen LogP) is 5.27. The Morgan fingerprint density at radius 2 is 1.84 bits per heavy atom. The van der Waals surface area contributed by atoms with E-state index >= 15 is 0 Å². The number of ether oxygens (including phenoxy) is 1. The van der Waals surface area contributed by atoms with E-state index in [0.29, 0.717) is 17.4 Å². The van der Waals surface area contributed by atoms with Crippen LogP contribution in [0.15, 0.2) is 53.1 Å². The molecular weight excluding hydrogens is 388 g/mol. The number of nitrogens with zero attached hydrogens (tertiary/aromatic N) is 2. The second-order valence-corrected chi connectivity index (χ2v) is 8.55. The number of carbonyl (C=O) groups is 1. The number of hydrogen-bond acceptors (Lipinski definition) is 4. The topological polar surface area (TPSA) is 55.6 Å². The minimum atomic E-state index is -0.0609. The lowest BCUT2D eigenvalue weighted by Gasteiger charge is -2.31. The highest BCUT2D eigenvalue weighted by molar-refractivity contribution is 5.93. The van der Waals surface area contributed by atoms with E-state index in [1.54, 1.807) is 0 Å². The Kier molecular flexibility index (Phi) is 6.40. The van der Waals surface area contributed by atoms with Crippen molar-refractivity contribution in [2.75, 3.05) is 13.1 Å². The summed E-state index contributed by atoms with van der Waals surface area (Å²) in [4.78, 5) is 15.1. The van der Waals surface area contributed by atoms with Gasteiger partial charge in [-0.1, -0.05) is 53.2 Å². The Morgan fingerprint density at radius 1 is 1.10 bits per heavy atom. The first kappa shape index (κ1) is 21.2. The normalized spacial score (nSPS) is 14.6. The summed E-state index contributed by atoms with van der Waals surface area (Å²) in [6.07, 6.45) is 3.08. The molecule has 0 N–H and O–H groups in total. The van der Waals surface area contributed by atoms with Gasteiger partial charge < -0.3 is 14.2 Å². The number of benzene rings is 2. The lowest BCUT2D eigenvalue weighted by molar-refractivity contribution is 0.0677. The van der Waals surface area contributed by atoms with Gasteiger partial charge in [-0.2, -0.15) is 0 Å². The molecule has 1 amide bonds. The fourth-order valence-corrected chi connectivity index (χ4v) is 4.28. The van der Waals surface area contributed by atoms with Gasteiger partial charge in [-0.15, -0.1) is 0 Å². The molecule has 0 aliphatic carbocycles. The molecule has 2 heterocycles. The number of carbonyl (C=O) groups excluding carboxylic acids is 1. The quantitative estimate of drug-likeness (QED) is 0.547. The SMILES string of the molecule is Cc1ccc(OCc2c(C(=O)N3CCC(Cc4ccccc4)CC3)noc2C)c(C)c1. The van der Waals surface area contributed by atoms with Crippen LogP contribution >= 0.6 is 0 Å². The third-order valence-corrected chi connectivity index (χ3v) is 6.16. The number of amides is 1. The number of rotatable bonds is 6. The van der Waals surface area contributed by atoms with Gasteiger partial charge in [0.2, 0.25) is 0 Å². The van der Waals surface area contributed by atoms with Crippen molar-refractivity contribution in [2.24, 2.45) is 5.92 Å². The second-order valence-electron chi connectivity index (χ2n) is 8.55. The molecule has 1 aliphatic rings. The van der Waals surface area contributed by atoms with Gasteiger partial charge in [0.1, 0.15) is 18.1 Å². The first-order valence-electron chi connectivity index (χ1n) is 11.0. The van der Waals surface area contributed by atoms with Crippen LogP contribution in [0.25, 0.3) is 0 Å². The van der Waals surface area contributed by atoms with Crippen molar-refractivity contribution in [3.05, 3.63) is 82.2 Å². The molecule has 3 aromatic rings. The number of likely N-dealkylation sites (tertiary alicyclic amines) is 1. The van der Waals surface area contributed by atoms with Crippen LogP contribution in [0.4, 0.5) is 0 Å². The van der Waals surface area contributed by atoms with Crippen LogP contribution in [0.1, 0.15) is 51.3 Å². The molecule has 0 bridgehead atoms. The highest BCUT2D eigenvalue weighted by Gasteiger charge is 2.28. The first-order chi connectivity index (χ1) is 15.0. The average Bonchev–Trinajstić information content (AvgIpc) is 3.14. The third kappa shape index (κ3) is 4.98. The molecule has 4 rings (SSSR count). The molecule has 0 radical (unpaired) electrons. The average molecular weight is 419 g/mol. The Balaban J connectivity index is 1.38. The van der Waals surface area contributed by atoms with Crippen molar-refractivity contribution in [2.45, 2.75) is 46.6 Å².